The van der Waals surface area contributed by atoms with Crippen LogP contribution in [0.25, 0.3) is 0 Å². The first kappa shape index (κ1) is 16.6. The molecule has 3 nitrogen and oxygen atoms in total. The van der Waals surface area contributed by atoms with Gasteiger partial charge >= 0.3 is 0 Å². The van der Waals surface area contributed by atoms with Crippen LogP contribution in [0.15, 0.2) is 66.9 Å². The Kier molecular flexibility index (Phi) is 5.57. The fourth-order valence-electron chi connectivity index (χ4n) is 2.23. The Bertz CT molecular complexity index is 789. The maximum absolute atomic E-state index is 6.16. The zero-order chi connectivity index (χ0) is 16.8. The van der Waals surface area contributed by atoms with Crippen molar-refractivity contribution in [2.75, 3.05) is 5.32 Å². The number of nitrogens with one attached hydrogen (secondary N) is 1. The van der Waals surface area contributed by atoms with Gasteiger partial charge < -0.3 is 10.1 Å². The number of ether oxygens (including phenoxy) is 1. The summed E-state index contributed by atoms with van der Waals surface area (Å²) in [5.41, 5.74) is 1.89. The van der Waals surface area contributed by atoms with Crippen molar-refractivity contribution < 1.29 is 4.74 Å². The van der Waals surface area contributed by atoms with Gasteiger partial charge in [-0.15, -0.1) is 0 Å². The molecule has 0 aliphatic rings. The zero-order valence-corrected chi connectivity index (χ0v) is 14.4. The molecule has 1 aromatic heterocycles. The highest BCUT2D eigenvalue weighted by molar-refractivity contribution is 6.35. The molecular formula is C19H16Cl2N2O. The predicted octanol–water partition coefficient (Wildman–Crippen LogP) is 5.58. The van der Waals surface area contributed by atoms with Crippen molar-refractivity contribution in [2.45, 2.75) is 13.2 Å². The van der Waals surface area contributed by atoms with Crippen LogP contribution in [0.2, 0.25) is 10.0 Å². The molecule has 0 fully saturated rings. The van der Waals surface area contributed by atoms with Gasteiger partial charge in [-0.05, 0) is 42.0 Å². The SMILES string of the molecule is Clc1cccc(Cl)c1COc1cccc(CNc2ccccn2)c1. The van der Waals surface area contributed by atoms with E-state index in [-0.39, 0.29) is 0 Å². The third kappa shape index (κ3) is 4.40. The molecule has 2 aromatic carbocycles. The third-order valence-electron chi connectivity index (χ3n) is 3.48. The van der Waals surface area contributed by atoms with Gasteiger partial charge in [-0.2, -0.15) is 0 Å². The van der Waals surface area contributed by atoms with Gasteiger partial charge in [-0.3, -0.25) is 0 Å². The highest BCUT2D eigenvalue weighted by Crippen LogP contribution is 2.26. The summed E-state index contributed by atoms with van der Waals surface area (Å²) in [4.78, 5) is 4.24. The fourth-order valence-corrected chi connectivity index (χ4v) is 2.74. The average Bonchev–Trinajstić information content (AvgIpc) is 2.61. The molecule has 0 saturated carbocycles. The molecule has 1 N–H and O–H groups in total. The van der Waals surface area contributed by atoms with Crippen molar-refractivity contribution in [2.24, 2.45) is 0 Å². The summed E-state index contributed by atoms with van der Waals surface area (Å²) in [5.74, 6) is 1.61. The first-order chi connectivity index (χ1) is 11.7. The summed E-state index contributed by atoms with van der Waals surface area (Å²) < 4.78 is 5.83. The quantitative estimate of drug-likeness (QED) is 0.624. The molecule has 0 amide bonds. The van der Waals surface area contributed by atoms with Crippen molar-refractivity contribution in [3.05, 3.63) is 88.0 Å². The summed E-state index contributed by atoms with van der Waals surface area (Å²) >= 11 is 12.3. The van der Waals surface area contributed by atoms with Gasteiger partial charge in [0.15, 0.2) is 0 Å². The molecule has 0 unspecified atom stereocenters. The zero-order valence-electron chi connectivity index (χ0n) is 12.9. The number of halogens is 2. The lowest BCUT2D eigenvalue weighted by Gasteiger charge is -2.11. The summed E-state index contributed by atoms with van der Waals surface area (Å²) in [7, 11) is 0. The van der Waals surface area contributed by atoms with Gasteiger partial charge in [-0.1, -0.05) is 47.5 Å². The molecule has 0 aliphatic heterocycles. The molecule has 24 heavy (non-hydrogen) atoms. The fraction of sp³-hybridized carbons (Fsp3) is 0.105. The van der Waals surface area contributed by atoms with Crippen LogP contribution >= 0.6 is 23.2 Å². The number of rotatable bonds is 6. The second-order valence-corrected chi connectivity index (χ2v) is 6.02. The molecule has 0 spiro atoms. The van der Waals surface area contributed by atoms with E-state index >= 15 is 0 Å². The van der Waals surface area contributed by atoms with Crippen LogP contribution in [0.5, 0.6) is 5.75 Å². The molecule has 1 heterocycles. The van der Waals surface area contributed by atoms with E-state index in [0.29, 0.717) is 23.2 Å². The minimum Gasteiger partial charge on any atom is -0.489 e. The van der Waals surface area contributed by atoms with Crippen molar-refractivity contribution in [3.63, 3.8) is 0 Å². The van der Waals surface area contributed by atoms with E-state index in [0.717, 1.165) is 22.7 Å². The van der Waals surface area contributed by atoms with E-state index in [4.69, 9.17) is 27.9 Å². The molecule has 0 atom stereocenters. The summed E-state index contributed by atoms with van der Waals surface area (Å²) in [5, 5.41) is 4.49. The van der Waals surface area contributed by atoms with Crippen LogP contribution in [-0.2, 0) is 13.2 Å². The smallest absolute Gasteiger partial charge is 0.126 e. The van der Waals surface area contributed by atoms with Crippen molar-refractivity contribution in [1.82, 2.24) is 4.98 Å². The Labute approximate surface area is 151 Å². The highest BCUT2D eigenvalue weighted by atomic mass is 35.5. The van der Waals surface area contributed by atoms with E-state index in [9.17, 15) is 0 Å². The number of benzene rings is 2. The monoisotopic (exact) mass is 358 g/mol. The lowest BCUT2D eigenvalue weighted by Crippen LogP contribution is -2.02. The van der Waals surface area contributed by atoms with Gasteiger partial charge in [-0.25, -0.2) is 4.98 Å². The molecule has 3 aromatic rings. The van der Waals surface area contributed by atoms with E-state index in [1.54, 1.807) is 18.3 Å². The third-order valence-corrected chi connectivity index (χ3v) is 4.19. The van der Waals surface area contributed by atoms with E-state index < -0.39 is 0 Å². The van der Waals surface area contributed by atoms with Crippen LogP contribution in [0.1, 0.15) is 11.1 Å². The van der Waals surface area contributed by atoms with Crippen LogP contribution < -0.4 is 10.1 Å². The number of pyridine rings is 1. The van der Waals surface area contributed by atoms with E-state index in [2.05, 4.69) is 10.3 Å². The van der Waals surface area contributed by atoms with Crippen LogP contribution in [-0.4, -0.2) is 4.98 Å². The maximum atomic E-state index is 6.16. The van der Waals surface area contributed by atoms with E-state index in [1.165, 1.54) is 0 Å². The Hall–Kier alpha value is -2.23. The maximum Gasteiger partial charge on any atom is 0.126 e. The Morgan fingerprint density at radius 2 is 1.71 bits per heavy atom. The number of hydrogen-bond donors (Lipinski definition) is 1. The topological polar surface area (TPSA) is 34.1 Å². The summed E-state index contributed by atoms with van der Waals surface area (Å²) in [6.45, 7) is 0.997. The van der Waals surface area contributed by atoms with Crippen molar-refractivity contribution in [3.8, 4) is 5.75 Å². The predicted molar refractivity (Wildman–Crippen MR) is 98.8 cm³/mol. The molecule has 3 rings (SSSR count). The first-order valence-electron chi connectivity index (χ1n) is 7.52. The minimum absolute atomic E-state index is 0.329. The highest BCUT2D eigenvalue weighted by Gasteiger charge is 2.06. The van der Waals surface area contributed by atoms with Gasteiger partial charge in [0.2, 0.25) is 0 Å². The van der Waals surface area contributed by atoms with Gasteiger partial charge in [0.05, 0.1) is 0 Å². The van der Waals surface area contributed by atoms with E-state index in [1.807, 2.05) is 48.5 Å². The summed E-state index contributed by atoms with van der Waals surface area (Å²) in [6, 6.07) is 19.1. The second kappa shape index (κ2) is 8.04. The van der Waals surface area contributed by atoms with Crippen LogP contribution in [0.3, 0.4) is 0 Å². The molecule has 0 aliphatic carbocycles. The van der Waals surface area contributed by atoms with Crippen molar-refractivity contribution >= 4 is 29.0 Å². The average molecular weight is 359 g/mol. The number of anilines is 1. The van der Waals surface area contributed by atoms with Gasteiger partial charge in [0.25, 0.3) is 0 Å². The number of aromatic nitrogens is 1. The molecule has 122 valence electrons. The molecule has 0 bridgehead atoms. The van der Waals surface area contributed by atoms with Gasteiger partial charge in [0.1, 0.15) is 18.2 Å². The minimum atomic E-state index is 0.329. The Balaban J connectivity index is 1.63. The Morgan fingerprint density at radius 1 is 0.917 bits per heavy atom. The lowest BCUT2D eigenvalue weighted by atomic mass is 10.2. The Morgan fingerprint density at radius 3 is 2.46 bits per heavy atom. The molecule has 0 saturated heterocycles. The molecular weight excluding hydrogens is 343 g/mol. The number of hydrogen-bond acceptors (Lipinski definition) is 3. The van der Waals surface area contributed by atoms with Crippen LogP contribution in [0.4, 0.5) is 5.82 Å². The van der Waals surface area contributed by atoms with Crippen molar-refractivity contribution in [1.29, 1.82) is 0 Å². The molecule has 5 heteroatoms. The molecule has 0 radical (unpaired) electrons. The summed E-state index contributed by atoms with van der Waals surface area (Å²) in [6.07, 6.45) is 1.76. The van der Waals surface area contributed by atoms with Gasteiger partial charge in [0, 0.05) is 28.4 Å². The largest absolute Gasteiger partial charge is 0.489 e. The standard InChI is InChI=1S/C19H16Cl2N2O/c20-17-7-4-8-18(21)16(17)13-24-15-6-3-5-14(11-15)12-23-19-9-1-2-10-22-19/h1-11H,12-13H2,(H,22,23). The first-order valence-corrected chi connectivity index (χ1v) is 8.27. The second-order valence-electron chi connectivity index (χ2n) is 5.20. The number of nitrogens with zero attached hydrogens (tertiary/aromatic N) is 1. The normalized spacial score (nSPS) is 10.4. The van der Waals surface area contributed by atoms with Crippen LogP contribution in [0, 0.1) is 0 Å². The lowest BCUT2D eigenvalue weighted by molar-refractivity contribution is 0.306.